The number of aliphatic hydroxyl groups excluding tert-OH is 2. The lowest BCUT2D eigenvalue weighted by Gasteiger charge is -2.13. The Labute approximate surface area is 80.3 Å². The van der Waals surface area contributed by atoms with Crippen LogP contribution in [0.5, 0.6) is 0 Å². The Morgan fingerprint density at radius 3 is 2.86 bits per heavy atom. The molecule has 2 unspecified atom stereocenters. The zero-order chi connectivity index (χ0) is 10.6. The van der Waals surface area contributed by atoms with Gasteiger partial charge in [-0.3, -0.25) is 4.79 Å². The van der Waals surface area contributed by atoms with Crippen molar-refractivity contribution in [3.8, 4) is 6.07 Å². The van der Waals surface area contributed by atoms with Crippen molar-refractivity contribution < 1.29 is 10.2 Å². The zero-order valence-electron chi connectivity index (χ0n) is 7.34. The molecule has 74 valence electrons. The van der Waals surface area contributed by atoms with Gasteiger partial charge in [-0.15, -0.1) is 0 Å². The van der Waals surface area contributed by atoms with Gasteiger partial charge >= 0.3 is 0 Å². The minimum absolute atomic E-state index is 0.0650. The van der Waals surface area contributed by atoms with Crippen molar-refractivity contribution in [2.24, 2.45) is 0 Å². The van der Waals surface area contributed by atoms with Crippen LogP contribution in [-0.4, -0.2) is 21.3 Å². The maximum Gasteiger partial charge on any atom is 0.253 e. The van der Waals surface area contributed by atoms with Crippen LogP contribution in [0, 0.1) is 11.3 Å². The highest BCUT2D eigenvalue weighted by atomic mass is 16.3. The molecular weight excluding hydrogens is 184 g/mol. The number of hydrogen-bond donors (Lipinski definition) is 3. The van der Waals surface area contributed by atoms with Crippen molar-refractivity contribution >= 4 is 0 Å². The molecule has 0 spiro atoms. The summed E-state index contributed by atoms with van der Waals surface area (Å²) in [5, 5.41) is 27.0. The Morgan fingerprint density at radius 2 is 2.29 bits per heavy atom. The summed E-state index contributed by atoms with van der Waals surface area (Å²) in [6, 6.07) is 4.66. The van der Waals surface area contributed by atoms with Gasteiger partial charge in [-0.25, -0.2) is 0 Å². The third kappa shape index (κ3) is 2.19. The van der Waals surface area contributed by atoms with Crippen LogP contribution in [0.3, 0.4) is 0 Å². The largest absolute Gasteiger partial charge is 0.389 e. The molecular formula is C9H10N2O3. The number of hydrogen-bond acceptors (Lipinski definition) is 4. The van der Waals surface area contributed by atoms with E-state index in [-0.39, 0.29) is 12.0 Å². The summed E-state index contributed by atoms with van der Waals surface area (Å²) >= 11 is 0. The summed E-state index contributed by atoms with van der Waals surface area (Å²) in [7, 11) is 0. The first kappa shape index (κ1) is 10.4. The van der Waals surface area contributed by atoms with Gasteiger partial charge in [0.1, 0.15) is 6.10 Å². The van der Waals surface area contributed by atoms with Crippen LogP contribution in [0.1, 0.15) is 18.1 Å². The number of rotatable bonds is 3. The first-order valence-electron chi connectivity index (χ1n) is 4.07. The van der Waals surface area contributed by atoms with E-state index in [0.29, 0.717) is 0 Å². The SMILES string of the molecule is N#CCC(O)C(O)c1ccc[nH]c1=O. The van der Waals surface area contributed by atoms with Gasteiger partial charge in [-0.1, -0.05) is 0 Å². The van der Waals surface area contributed by atoms with Crippen LogP contribution in [0.4, 0.5) is 0 Å². The van der Waals surface area contributed by atoms with Gasteiger partial charge in [-0.05, 0) is 12.1 Å². The van der Waals surface area contributed by atoms with Crippen molar-refractivity contribution in [1.82, 2.24) is 4.98 Å². The van der Waals surface area contributed by atoms with Gasteiger partial charge in [-0.2, -0.15) is 5.26 Å². The number of nitrogens with zero attached hydrogens (tertiary/aromatic N) is 1. The lowest BCUT2D eigenvalue weighted by molar-refractivity contribution is 0.0208. The maximum atomic E-state index is 11.2. The summed E-state index contributed by atoms with van der Waals surface area (Å²) in [4.78, 5) is 13.5. The first-order valence-corrected chi connectivity index (χ1v) is 4.07. The van der Waals surface area contributed by atoms with Crippen LogP contribution in [0.2, 0.25) is 0 Å². The van der Waals surface area contributed by atoms with E-state index >= 15 is 0 Å². The van der Waals surface area contributed by atoms with Gasteiger partial charge in [0.2, 0.25) is 0 Å². The van der Waals surface area contributed by atoms with Gasteiger partial charge in [0.25, 0.3) is 5.56 Å². The predicted molar refractivity (Wildman–Crippen MR) is 48.3 cm³/mol. The minimum atomic E-state index is -1.32. The molecule has 1 rings (SSSR count). The van der Waals surface area contributed by atoms with Crippen LogP contribution < -0.4 is 5.56 Å². The van der Waals surface area contributed by atoms with Crippen LogP contribution in [0.25, 0.3) is 0 Å². The minimum Gasteiger partial charge on any atom is -0.389 e. The van der Waals surface area contributed by atoms with E-state index in [0.717, 1.165) is 0 Å². The van der Waals surface area contributed by atoms with E-state index in [9.17, 15) is 15.0 Å². The Hall–Kier alpha value is -1.64. The Kier molecular flexibility index (Phi) is 3.40. The highest BCUT2D eigenvalue weighted by Crippen LogP contribution is 2.14. The quantitative estimate of drug-likeness (QED) is 0.614. The van der Waals surface area contributed by atoms with Gasteiger partial charge in [0.05, 0.1) is 18.6 Å². The van der Waals surface area contributed by atoms with Gasteiger partial charge < -0.3 is 15.2 Å². The monoisotopic (exact) mass is 194 g/mol. The molecule has 0 aliphatic heterocycles. The maximum absolute atomic E-state index is 11.2. The molecule has 3 N–H and O–H groups in total. The Bertz CT molecular complexity index is 394. The summed E-state index contributed by atoms with van der Waals surface area (Å²) in [5.74, 6) is 0. The Morgan fingerprint density at radius 1 is 1.57 bits per heavy atom. The molecule has 0 aliphatic rings. The second-order valence-electron chi connectivity index (χ2n) is 2.83. The van der Waals surface area contributed by atoms with Crippen LogP contribution >= 0.6 is 0 Å². The molecule has 0 radical (unpaired) electrons. The highest BCUT2D eigenvalue weighted by Gasteiger charge is 2.20. The van der Waals surface area contributed by atoms with E-state index in [1.54, 1.807) is 12.1 Å². The number of pyridine rings is 1. The van der Waals surface area contributed by atoms with Gasteiger partial charge in [0.15, 0.2) is 0 Å². The molecule has 0 amide bonds. The van der Waals surface area contributed by atoms with Crippen LogP contribution in [0.15, 0.2) is 23.1 Å². The molecule has 0 aromatic carbocycles. The fourth-order valence-corrected chi connectivity index (χ4v) is 1.08. The molecule has 1 aromatic rings. The molecule has 0 bridgehead atoms. The van der Waals surface area contributed by atoms with E-state index in [1.165, 1.54) is 12.3 Å². The number of aromatic amines is 1. The van der Waals surface area contributed by atoms with E-state index in [2.05, 4.69) is 4.98 Å². The first-order chi connectivity index (χ1) is 6.66. The summed E-state index contributed by atoms with van der Waals surface area (Å²) < 4.78 is 0. The van der Waals surface area contributed by atoms with Crippen molar-refractivity contribution in [3.63, 3.8) is 0 Å². The topological polar surface area (TPSA) is 97.1 Å². The predicted octanol–water partition coefficient (Wildman–Crippen LogP) is -0.317. The van der Waals surface area contributed by atoms with E-state index in [4.69, 9.17) is 5.26 Å². The lowest BCUT2D eigenvalue weighted by atomic mass is 10.0. The third-order valence-corrected chi connectivity index (χ3v) is 1.83. The molecule has 14 heavy (non-hydrogen) atoms. The number of nitrogens with one attached hydrogen (secondary N) is 1. The third-order valence-electron chi connectivity index (χ3n) is 1.83. The molecule has 5 heteroatoms. The van der Waals surface area contributed by atoms with Crippen molar-refractivity contribution in [2.45, 2.75) is 18.6 Å². The second-order valence-corrected chi connectivity index (χ2v) is 2.83. The molecule has 0 aliphatic carbocycles. The zero-order valence-corrected chi connectivity index (χ0v) is 7.34. The average molecular weight is 194 g/mol. The average Bonchev–Trinajstić information content (AvgIpc) is 2.18. The molecule has 5 nitrogen and oxygen atoms in total. The van der Waals surface area contributed by atoms with E-state index in [1.807, 2.05) is 0 Å². The molecule has 0 fully saturated rings. The lowest BCUT2D eigenvalue weighted by Crippen LogP contribution is -2.24. The van der Waals surface area contributed by atoms with Crippen LogP contribution in [-0.2, 0) is 0 Å². The number of H-pyrrole nitrogens is 1. The van der Waals surface area contributed by atoms with Crippen molar-refractivity contribution in [2.75, 3.05) is 0 Å². The second kappa shape index (κ2) is 4.56. The standard InChI is InChI=1S/C9H10N2O3/c10-4-3-7(12)8(13)6-2-1-5-11-9(6)14/h1-2,5,7-8,12-13H,3H2,(H,11,14). The molecule has 2 atom stereocenters. The molecule has 0 saturated carbocycles. The fraction of sp³-hybridized carbons (Fsp3) is 0.333. The van der Waals surface area contributed by atoms with Gasteiger partial charge in [0, 0.05) is 11.8 Å². The number of aromatic nitrogens is 1. The summed E-state index contributed by atoms with van der Waals surface area (Å²) in [6.45, 7) is 0. The molecule has 1 heterocycles. The van der Waals surface area contributed by atoms with Crippen molar-refractivity contribution in [1.29, 1.82) is 5.26 Å². The molecule has 0 saturated heterocycles. The smallest absolute Gasteiger partial charge is 0.253 e. The highest BCUT2D eigenvalue weighted by molar-refractivity contribution is 5.13. The summed E-state index contributed by atoms with van der Waals surface area (Å²) in [5.41, 5.74) is -0.396. The Balaban J connectivity index is 2.90. The number of aliphatic hydroxyl groups is 2. The summed E-state index contributed by atoms with van der Waals surface area (Å²) in [6.07, 6.45) is -1.34. The van der Waals surface area contributed by atoms with Crippen molar-refractivity contribution in [3.05, 3.63) is 34.2 Å². The normalized spacial score (nSPS) is 14.4. The van der Waals surface area contributed by atoms with E-state index < -0.39 is 17.8 Å². The fourth-order valence-electron chi connectivity index (χ4n) is 1.08. The molecule has 1 aromatic heterocycles. The number of nitriles is 1.